The zero-order valence-electron chi connectivity index (χ0n) is 9.71. The Morgan fingerprint density at radius 1 is 1.35 bits per heavy atom. The van der Waals surface area contributed by atoms with Crippen LogP contribution in [0.4, 0.5) is 5.82 Å². The Morgan fingerprint density at radius 3 is 2.94 bits per heavy atom. The maximum atomic E-state index is 11.5. The molecule has 1 aliphatic carbocycles. The molecule has 0 amide bonds. The van der Waals surface area contributed by atoms with Crippen LogP contribution < -0.4 is 4.90 Å². The molecule has 0 aromatic carbocycles. The standard InChI is InChI=1S/C13H16N2O2/c16-13(10-4-5-10)17-11-6-8-15(9-11)12-3-1-2-7-14-12/h1-3,7,10-11H,4-6,8-9H2. The second-order valence-corrected chi connectivity index (χ2v) is 4.76. The van der Waals surface area contributed by atoms with E-state index in [9.17, 15) is 4.79 Å². The number of carbonyl (C=O) groups is 1. The highest BCUT2D eigenvalue weighted by Crippen LogP contribution is 2.31. The van der Waals surface area contributed by atoms with Gasteiger partial charge in [-0.25, -0.2) is 4.98 Å². The summed E-state index contributed by atoms with van der Waals surface area (Å²) < 4.78 is 5.48. The predicted molar refractivity (Wildman–Crippen MR) is 63.7 cm³/mol. The molecule has 4 nitrogen and oxygen atoms in total. The zero-order valence-corrected chi connectivity index (χ0v) is 9.71. The summed E-state index contributed by atoms with van der Waals surface area (Å²) in [4.78, 5) is 18.0. The quantitative estimate of drug-likeness (QED) is 0.743. The number of ether oxygens (including phenoxy) is 1. The number of hydrogen-bond donors (Lipinski definition) is 0. The minimum atomic E-state index is -0.00197. The van der Waals surface area contributed by atoms with Crippen LogP contribution in [0.25, 0.3) is 0 Å². The van der Waals surface area contributed by atoms with Gasteiger partial charge in [-0.05, 0) is 25.0 Å². The van der Waals surface area contributed by atoms with Crippen LogP contribution in [0.5, 0.6) is 0 Å². The summed E-state index contributed by atoms with van der Waals surface area (Å²) in [5.74, 6) is 1.16. The molecule has 1 atom stereocenters. The molecule has 1 aromatic heterocycles. The van der Waals surface area contributed by atoms with Gasteiger partial charge in [-0.15, -0.1) is 0 Å². The van der Waals surface area contributed by atoms with Crippen molar-refractivity contribution >= 4 is 11.8 Å². The number of esters is 1. The first-order valence-corrected chi connectivity index (χ1v) is 6.19. The van der Waals surface area contributed by atoms with E-state index in [0.717, 1.165) is 38.2 Å². The minimum absolute atomic E-state index is 0.00197. The average Bonchev–Trinajstić information content (AvgIpc) is 3.12. The Kier molecular flexibility index (Phi) is 2.71. The molecule has 2 aliphatic rings. The van der Waals surface area contributed by atoms with Crippen LogP contribution in [0.2, 0.25) is 0 Å². The van der Waals surface area contributed by atoms with Crippen LogP contribution in [-0.4, -0.2) is 30.1 Å². The number of nitrogens with zero attached hydrogens (tertiary/aromatic N) is 2. The van der Waals surface area contributed by atoms with Crippen LogP contribution in [0.3, 0.4) is 0 Å². The Morgan fingerprint density at radius 2 is 2.24 bits per heavy atom. The molecule has 0 bridgehead atoms. The molecule has 1 saturated heterocycles. The van der Waals surface area contributed by atoms with Crippen molar-refractivity contribution in [1.29, 1.82) is 0 Å². The second kappa shape index (κ2) is 4.35. The van der Waals surface area contributed by atoms with Crippen molar-refractivity contribution in [2.24, 2.45) is 5.92 Å². The van der Waals surface area contributed by atoms with E-state index in [1.54, 1.807) is 6.20 Å². The fourth-order valence-corrected chi connectivity index (χ4v) is 2.15. The number of carbonyl (C=O) groups excluding carboxylic acids is 1. The number of anilines is 1. The molecule has 17 heavy (non-hydrogen) atoms. The van der Waals surface area contributed by atoms with Crippen molar-refractivity contribution in [3.8, 4) is 0 Å². The highest BCUT2D eigenvalue weighted by atomic mass is 16.5. The predicted octanol–water partition coefficient (Wildman–Crippen LogP) is 1.61. The van der Waals surface area contributed by atoms with E-state index in [1.807, 2.05) is 18.2 Å². The van der Waals surface area contributed by atoms with Gasteiger partial charge >= 0.3 is 5.97 Å². The van der Waals surface area contributed by atoms with Crippen LogP contribution in [0.15, 0.2) is 24.4 Å². The fourth-order valence-electron chi connectivity index (χ4n) is 2.15. The molecule has 0 spiro atoms. The summed E-state index contributed by atoms with van der Waals surface area (Å²) in [5, 5.41) is 0. The largest absolute Gasteiger partial charge is 0.460 e. The van der Waals surface area contributed by atoms with Gasteiger partial charge in [0.05, 0.1) is 12.5 Å². The zero-order chi connectivity index (χ0) is 11.7. The van der Waals surface area contributed by atoms with Crippen LogP contribution >= 0.6 is 0 Å². The van der Waals surface area contributed by atoms with Gasteiger partial charge in [0.2, 0.25) is 0 Å². The van der Waals surface area contributed by atoms with Crippen molar-refractivity contribution in [2.75, 3.05) is 18.0 Å². The van der Waals surface area contributed by atoms with E-state index in [4.69, 9.17) is 4.74 Å². The summed E-state index contributed by atoms with van der Waals surface area (Å²) >= 11 is 0. The van der Waals surface area contributed by atoms with Gasteiger partial charge < -0.3 is 9.64 Å². The van der Waals surface area contributed by atoms with Crippen LogP contribution in [0.1, 0.15) is 19.3 Å². The summed E-state index contributed by atoms with van der Waals surface area (Å²) in [6.45, 7) is 1.69. The van der Waals surface area contributed by atoms with Crippen molar-refractivity contribution in [3.05, 3.63) is 24.4 Å². The van der Waals surface area contributed by atoms with Crippen molar-refractivity contribution < 1.29 is 9.53 Å². The molecule has 2 fully saturated rings. The minimum Gasteiger partial charge on any atom is -0.460 e. The lowest BCUT2D eigenvalue weighted by atomic mass is 10.3. The lowest BCUT2D eigenvalue weighted by Crippen LogP contribution is -2.25. The molecule has 0 radical (unpaired) electrons. The molecule has 4 heteroatoms. The third-order valence-corrected chi connectivity index (χ3v) is 3.31. The third kappa shape index (κ3) is 2.40. The molecular weight excluding hydrogens is 216 g/mol. The van der Waals surface area contributed by atoms with Crippen molar-refractivity contribution in [1.82, 2.24) is 4.98 Å². The molecule has 3 rings (SSSR count). The molecule has 90 valence electrons. The van der Waals surface area contributed by atoms with E-state index >= 15 is 0 Å². The van der Waals surface area contributed by atoms with E-state index in [1.165, 1.54) is 0 Å². The molecule has 1 saturated carbocycles. The first-order valence-electron chi connectivity index (χ1n) is 6.19. The van der Waals surface area contributed by atoms with Gasteiger partial charge in [-0.3, -0.25) is 4.79 Å². The molecule has 1 aromatic rings. The maximum Gasteiger partial charge on any atom is 0.309 e. The van der Waals surface area contributed by atoms with Crippen molar-refractivity contribution in [3.63, 3.8) is 0 Å². The smallest absolute Gasteiger partial charge is 0.309 e. The molecular formula is C13H16N2O2. The van der Waals surface area contributed by atoms with Crippen LogP contribution in [0, 0.1) is 5.92 Å². The lowest BCUT2D eigenvalue weighted by Gasteiger charge is -2.17. The van der Waals surface area contributed by atoms with Crippen molar-refractivity contribution in [2.45, 2.75) is 25.4 Å². The second-order valence-electron chi connectivity index (χ2n) is 4.76. The van der Waals surface area contributed by atoms with Gasteiger partial charge in [0.1, 0.15) is 11.9 Å². The van der Waals surface area contributed by atoms with Gasteiger partial charge in [0.25, 0.3) is 0 Å². The van der Waals surface area contributed by atoms with E-state index in [0.29, 0.717) is 0 Å². The number of hydrogen-bond acceptors (Lipinski definition) is 4. The summed E-state index contributed by atoms with van der Waals surface area (Å²) in [5.41, 5.74) is 0. The summed E-state index contributed by atoms with van der Waals surface area (Å²) in [6.07, 6.45) is 4.77. The van der Waals surface area contributed by atoms with E-state index in [2.05, 4.69) is 9.88 Å². The normalized spacial score (nSPS) is 23.8. The van der Waals surface area contributed by atoms with Gasteiger partial charge in [0, 0.05) is 19.2 Å². The Bertz CT molecular complexity index is 403. The molecule has 1 aliphatic heterocycles. The van der Waals surface area contributed by atoms with E-state index in [-0.39, 0.29) is 18.0 Å². The number of rotatable bonds is 3. The van der Waals surface area contributed by atoms with Gasteiger partial charge in [0.15, 0.2) is 0 Å². The first-order chi connectivity index (χ1) is 8.33. The SMILES string of the molecule is O=C(OC1CCN(c2ccccn2)C1)C1CC1. The summed E-state index contributed by atoms with van der Waals surface area (Å²) in [6, 6.07) is 5.88. The Hall–Kier alpha value is -1.58. The maximum absolute atomic E-state index is 11.5. The van der Waals surface area contributed by atoms with Gasteiger partial charge in [-0.1, -0.05) is 6.07 Å². The highest BCUT2D eigenvalue weighted by Gasteiger charge is 2.34. The Balaban J connectivity index is 1.56. The third-order valence-electron chi connectivity index (χ3n) is 3.31. The molecule has 1 unspecified atom stereocenters. The number of aromatic nitrogens is 1. The fraction of sp³-hybridized carbons (Fsp3) is 0.538. The summed E-state index contributed by atoms with van der Waals surface area (Å²) in [7, 11) is 0. The van der Waals surface area contributed by atoms with E-state index < -0.39 is 0 Å². The number of pyridine rings is 1. The molecule has 2 heterocycles. The highest BCUT2D eigenvalue weighted by molar-refractivity contribution is 5.75. The Labute approximate surface area is 101 Å². The van der Waals surface area contributed by atoms with Gasteiger partial charge in [-0.2, -0.15) is 0 Å². The monoisotopic (exact) mass is 232 g/mol. The lowest BCUT2D eigenvalue weighted by molar-refractivity contribution is -0.149. The topological polar surface area (TPSA) is 42.4 Å². The van der Waals surface area contributed by atoms with Crippen LogP contribution in [-0.2, 0) is 9.53 Å². The first kappa shape index (κ1) is 10.6. The average molecular weight is 232 g/mol. The molecule has 0 N–H and O–H groups in total.